The van der Waals surface area contributed by atoms with Crippen LogP contribution in [0.5, 0.6) is 5.75 Å². The van der Waals surface area contributed by atoms with Gasteiger partial charge in [0.2, 0.25) is 0 Å². The highest BCUT2D eigenvalue weighted by atomic mass is 32.1. The molecule has 0 spiro atoms. The number of nitrogens with zero attached hydrogens (tertiary/aromatic N) is 1. The van der Waals surface area contributed by atoms with Gasteiger partial charge in [-0.15, -0.1) is 0 Å². The lowest BCUT2D eigenvalue weighted by atomic mass is 10.1. The summed E-state index contributed by atoms with van der Waals surface area (Å²) in [4.78, 5) is 17.5. The molecule has 4 aromatic rings. The molecule has 0 unspecified atom stereocenters. The van der Waals surface area contributed by atoms with Crippen LogP contribution in [0.25, 0.3) is 10.9 Å². The molecule has 0 saturated heterocycles. The van der Waals surface area contributed by atoms with Crippen LogP contribution in [0.2, 0.25) is 0 Å². The van der Waals surface area contributed by atoms with Gasteiger partial charge in [-0.25, -0.2) is 0 Å². The van der Waals surface area contributed by atoms with Crippen molar-refractivity contribution in [2.24, 2.45) is 0 Å². The van der Waals surface area contributed by atoms with Crippen molar-refractivity contribution in [2.45, 2.75) is 19.6 Å². The van der Waals surface area contributed by atoms with E-state index in [4.69, 9.17) is 25.8 Å². The Kier molecular flexibility index (Phi) is 5.85. The number of hydrogen-bond acceptors (Lipinski definition) is 5. The van der Waals surface area contributed by atoms with Gasteiger partial charge in [-0.2, -0.15) is 0 Å². The number of aromatic nitrogens is 1. The Morgan fingerprint density at radius 2 is 1.87 bits per heavy atom. The van der Waals surface area contributed by atoms with Gasteiger partial charge < -0.3 is 28.8 Å². The van der Waals surface area contributed by atoms with Gasteiger partial charge in [0.15, 0.2) is 5.11 Å². The molecule has 0 fully saturated rings. The SMILES string of the molecule is COc1ccc2[nH]c(=O)c(CN(Cc3ccco3)C(=S)NCc3ccco3)cc2c1. The van der Waals surface area contributed by atoms with E-state index in [9.17, 15) is 4.79 Å². The molecular weight excluding hydrogens is 402 g/mol. The normalized spacial score (nSPS) is 10.8. The van der Waals surface area contributed by atoms with Crippen molar-refractivity contribution in [3.8, 4) is 5.75 Å². The third-order valence-electron chi connectivity index (χ3n) is 4.70. The maximum absolute atomic E-state index is 12.7. The number of pyridine rings is 1. The van der Waals surface area contributed by atoms with Crippen molar-refractivity contribution in [3.05, 3.63) is 88.5 Å². The van der Waals surface area contributed by atoms with Crippen molar-refractivity contribution in [1.29, 1.82) is 0 Å². The smallest absolute Gasteiger partial charge is 0.253 e. The molecule has 0 aliphatic carbocycles. The highest BCUT2D eigenvalue weighted by Crippen LogP contribution is 2.19. The van der Waals surface area contributed by atoms with Gasteiger partial charge in [-0.3, -0.25) is 4.79 Å². The first-order valence-electron chi connectivity index (χ1n) is 9.40. The maximum atomic E-state index is 12.7. The quantitative estimate of drug-likeness (QED) is 0.438. The van der Waals surface area contributed by atoms with E-state index in [1.54, 1.807) is 19.6 Å². The third-order valence-corrected chi connectivity index (χ3v) is 5.10. The number of H-pyrrole nitrogens is 1. The average Bonchev–Trinajstić information content (AvgIpc) is 3.46. The van der Waals surface area contributed by atoms with Gasteiger partial charge >= 0.3 is 0 Å². The molecule has 154 valence electrons. The van der Waals surface area contributed by atoms with E-state index >= 15 is 0 Å². The molecule has 0 bridgehead atoms. The molecule has 4 rings (SSSR count). The Morgan fingerprint density at radius 1 is 1.10 bits per heavy atom. The minimum atomic E-state index is -0.161. The highest BCUT2D eigenvalue weighted by Gasteiger charge is 2.16. The standard InChI is InChI=1S/C22H21N3O4S/c1-27-17-6-7-20-15(11-17)10-16(21(26)24-20)13-25(14-19-5-3-9-29-19)22(30)23-12-18-4-2-8-28-18/h2-11H,12-14H2,1H3,(H,23,30)(H,24,26). The van der Waals surface area contributed by atoms with Crippen LogP contribution in [-0.2, 0) is 19.6 Å². The highest BCUT2D eigenvalue weighted by molar-refractivity contribution is 7.80. The molecule has 0 saturated carbocycles. The van der Waals surface area contributed by atoms with Crippen LogP contribution < -0.4 is 15.6 Å². The fraction of sp³-hybridized carbons (Fsp3) is 0.182. The fourth-order valence-corrected chi connectivity index (χ4v) is 3.36. The van der Waals surface area contributed by atoms with E-state index in [0.29, 0.717) is 30.3 Å². The van der Waals surface area contributed by atoms with E-state index in [0.717, 1.165) is 28.2 Å². The fourth-order valence-electron chi connectivity index (χ4n) is 3.16. The van der Waals surface area contributed by atoms with E-state index in [-0.39, 0.29) is 5.56 Å². The summed E-state index contributed by atoms with van der Waals surface area (Å²) in [7, 11) is 1.61. The number of aromatic amines is 1. The molecule has 8 heteroatoms. The second-order valence-electron chi connectivity index (χ2n) is 6.75. The largest absolute Gasteiger partial charge is 0.497 e. The lowest BCUT2D eigenvalue weighted by Crippen LogP contribution is -2.39. The molecule has 0 amide bonds. The number of hydrogen-bond donors (Lipinski definition) is 2. The average molecular weight is 423 g/mol. The van der Waals surface area contributed by atoms with E-state index in [1.807, 2.05) is 53.4 Å². The van der Waals surface area contributed by atoms with Gasteiger partial charge in [0, 0.05) is 16.5 Å². The molecule has 30 heavy (non-hydrogen) atoms. The molecule has 3 heterocycles. The minimum absolute atomic E-state index is 0.161. The topological polar surface area (TPSA) is 83.6 Å². The van der Waals surface area contributed by atoms with Crippen LogP contribution in [0, 0.1) is 0 Å². The minimum Gasteiger partial charge on any atom is -0.497 e. The predicted octanol–water partition coefficient (Wildman–Crippen LogP) is 3.80. The number of nitrogens with one attached hydrogen (secondary N) is 2. The Hall–Kier alpha value is -3.52. The molecule has 3 aromatic heterocycles. The van der Waals surface area contributed by atoms with Crippen molar-refractivity contribution in [3.63, 3.8) is 0 Å². The van der Waals surface area contributed by atoms with Crippen molar-refractivity contribution >= 4 is 28.2 Å². The molecule has 0 radical (unpaired) electrons. The molecular formula is C22H21N3O4S. The summed E-state index contributed by atoms with van der Waals surface area (Å²) in [5.41, 5.74) is 1.18. The Labute approximate surface area is 178 Å². The summed E-state index contributed by atoms with van der Waals surface area (Å²) in [6.45, 7) is 1.19. The van der Waals surface area contributed by atoms with Gasteiger partial charge in [0.1, 0.15) is 17.3 Å². The Bertz CT molecular complexity index is 1180. The summed E-state index contributed by atoms with van der Waals surface area (Å²) in [6.07, 6.45) is 3.23. The first-order valence-corrected chi connectivity index (χ1v) is 9.80. The molecule has 0 aliphatic heterocycles. The van der Waals surface area contributed by atoms with Crippen LogP contribution in [0.1, 0.15) is 17.1 Å². The zero-order valence-corrected chi connectivity index (χ0v) is 17.2. The molecule has 0 aliphatic rings. The second-order valence-corrected chi connectivity index (χ2v) is 7.14. The molecule has 0 atom stereocenters. The molecule has 7 nitrogen and oxygen atoms in total. The number of thiocarbonyl (C=S) groups is 1. The van der Waals surface area contributed by atoms with Gasteiger partial charge in [0.05, 0.1) is 39.3 Å². The van der Waals surface area contributed by atoms with Crippen LogP contribution in [0.15, 0.2) is 74.7 Å². The summed E-state index contributed by atoms with van der Waals surface area (Å²) < 4.78 is 16.1. The molecule has 2 N–H and O–H groups in total. The Balaban J connectivity index is 1.59. The summed E-state index contributed by atoms with van der Waals surface area (Å²) in [5, 5.41) is 4.56. The number of methoxy groups -OCH3 is 1. The lowest BCUT2D eigenvalue weighted by molar-refractivity contribution is 0.348. The van der Waals surface area contributed by atoms with Crippen LogP contribution in [0.3, 0.4) is 0 Å². The third kappa shape index (κ3) is 4.55. The zero-order chi connectivity index (χ0) is 20.9. The van der Waals surface area contributed by atoms with Crippen molar-refractivity contribution in [1.82, 2.24) is 15.2 Å². The van der Waals surface area contributed by atoms with E-state index < -0.39 is 0 Å². The van der Waals surface area contributed by atoms with Crippen molar-refractivity contribution < 1.29 is 13.6 Å². The first-order chi connectivity index (χ1) is 14.6. The van der Waals surface area contributed by atoms with Crippen LogP contribution in [-0.4, -0.2) is 22.1 Å². The molecule has 1 aromatic carbocycles. The first kappa shape index (κ1) is 19.8. The zero-order valence-electron chi connectivity index (χ0n) is 16.4. The van der Waals surface area contributed by atoms with Gasteiger partial charge in [0.25, 0.3) is 5.56 Å². The predicted molar refractivity (Wildman–Crippen MR) is 117 cm³/mol. The second kappa shape index (κ2) is 8.87. The number of furan rings is 2. The summed E-state index contributed by atoms with van der Waals surface area (Å²) >= 11 is 5.60. The van der Waals surface area contributed by atoms with Gasteiger partial charge in [-0.05, 0) is 60.7 Å². The van der Waals surface area contributed by atoms with E-state index in [1.165, 1.54) is 0 Å². The number of fused-ring (bicyclic) bond motifs is 1. The van der Waals surface area contributed by atoms with Gasteiger partial charge in [-0.1, -0.05) is 0 Å². The van der Waals surface area contributed by atoms with Crippen LogP contribution >= 0.6 is 12.2 Å². The monoisotopic (exact) mass is 423 g/mol. The summed E-state index contributed by atoms with van der Waals surface area (Å²) in [5.74, 6) is 2.24. The maximum Gasteiger partial charge on any atom is 0.253 e. The van der Waals surface area contributed by atoms with E-state index in [2.05, 4.69) is 10.3 Å². The summed E-state index contributed by atoms with van der Waals surface area (Å²) in [6, 6.07) is 14.8. The number of benzene rings is 1. The Morgan fingerprint density at radius 3 is 2.57 bits per heavy atom. The number of ether oxygens (including phenoxy) is 1. The van der Waals surface area contributed by atoms with Crippen LogP contribution in [0.4, 0.5) is 0 Å². The van der Waals surface area contributed by atoms with Crippen molar-refractivity contribution in [2.75, 3.05) is 7.11 Å². The number of rotatable bonds is 7. The lowest BCUT2D eigenvalue weighted by Gasteiger charge is -2.24.